The average Bonchev–Trinajstić information content (AvgIpc) is 3.33. The zero-order valence-electron chi connectivity index (χ0n) is 18.0. The molecule has 4 heterocycles. The number of hydrogen-bond acceptors (Lipinski definition) is 6. The van der Waals surface area contributed by atoms with E-state index in [4.69, 9.17) is 0 Å². The Morgan fingerprint density at radius 2 is 1.76 bits per heavy atom. The molecule has 1 aliphatic rings. The van der Waals surface area contributed by atoms with Crippen molar-refractivity contribution in [1.29, 1.82) is 0 Å². The Hall–Kier alpha value is -3.21. The maximum Gasteiger partial charge on any atom is 0.417 e. The molecule has 0 radical (unpaired) electrons. The second kappa shape index (κ2) is 8.62. The van der Waals surface area contributed by atoms with Crippen molar-refractivity contribution in [3.63, 3.8) is 0 Å². The highest BCUT2D eigenvalue weighted by Gasteiger charge is 2.37. The van der Waals surface area contributed by atoms with Crippen LogP contribution in [0.4, 0.5) is 19.0 Å². The molecule has 1 aliphatic heterocycles. The predicted molar refractivity (Wildman–Crippen MR) is 119 cm³/mol. The standard InChI is InChI=1S/C22H22F3N5O2S/c1-21(2,30-19(31)8-6-16(27-30)17-4-3-13-33-17)20(32)29-11-9-28(10-12-29)18-7-5-15(14-26-18)22(23,24)25/h3-8,13-14H,9-12H2,1-2H3. The monoisotopic (exact) mass is 477 g/mol. The number of carbonyl (C=O) groups is 1. The van der Waals surface area contributed by atoms with Gasteiger partial charge in [0.15, 0.2) is 0 Å². The molecule has 11 heteroatoms. The number of aromatic nitrogens is 3. The number of thiophene rings is 1. The lowest BCUT2D eigenvalue weighted by molar-refractivity contribution is -0.140. The lowest BCUT2D eigenvalue weighted by atomic mass is 10.0. The molecule has 0 atom stereocenters. The minimum absolute atomic E-state index is 0.250. The first kappa shape index (κ1) is 23.0. The van der Waals surface area contributed by atoms with Crippen LogP contribution in [0.3, 0.4) is 0 Å². The zero-order chi connectivity index (χ0) is 23.8. The lowest BCUT2D eigenvalue weighted by Crippen LogP contribution is -2.56. The lowest BCUT2D eigenvalue weighted by Gasteiger charge is -2.39. The maximum absolute atomic E-state index is 13.3. The number of anilines is 1. The van der Waals surface area contributed by atoms with Gasteiger partial charge in [-0.3, -0.25) is 9.59 Å². The summed E-state index contributed by atoms with van der Waals surface area (Å²) in [7, 11) is 0. The fourth-order valence-corrected chi connectivity index (χ4v) is 4.41. The Kier molecular flexibility index (Phi) is 6.00. The van der Waals surface area contributed by atoms with Crippen molar-refractivity contribution >= 4 is 23.1 Å². The van der Waals surface area contributed by atoms with Gasteiger partial charge in [-0.2, -0.15) is 18.3 Å². The fraction of sp³-hybridized carbons (Fsp3) is 0.364. The zero-order valence-corrected chi connectivity index (χ0v) is 18.9. The molecule has 0 spiro atoms. The summed E-state index contributed by atoms with van der Waals surface area (Å²) < 4.78 is 39.5. The van der Waals surface area contributed by atoms with E-state index in [0.29, 0.717) is 37.7 Å². The third-order valence-corrected chi connectivity index (χ3v) is 6.49. The molecular formula is C22H22F3N5O2S. The van der Waals surface area contributed by atoms with Crippen LogP contribution in [0.1, 0.15) is 19.4 Å². The van der Waals surface area contributed by atoms with Gasteiger partial charge in [-0.15, -0.1) is 11.3 Å². The number of amides is 1. The summed E-state index contributed by atoms with van der Waals surface area (Å²) in [4.78, 5) is 34.2. The number of piperazine rings is 1. The van der Waals surface area contributed by atoms with Crippen LogP contribution in [-0.2, 0) is 16.5 Å². The van der Waals surface area contributed by atoms with E-state index in [1.165, 1.54) is 28.2 Å². The molecular weight excluding hydrogens is 455 g/mol. The van der Waals surface area contributed by atoms with Crippen LogP contribution in [0.5, 0.6) is 0 Å². The number of alkyl halides is 3. The highest BCUT2D eigenvalue weighted by molar-refractivity contribution is 7.13. The minimum Gasteiger partial charge on any atom is -0.353 e. The number of nitrogens with zero attached hydrogens (tertiary/aromatic N) is 5. The Morgan fingerprint density at radius 1 is 1.03 bits per heavy atom. The molecule has 0 unspecified atom stereocenters. The number of rotatable bonds is 4. The molecule has 174 valence electrons. The first-order chi connectivity index (χ1) is 15.6. The number of carbonyl (C=O) groups excluding carboxylic acids is 1. The van der Waals surface area contributed by atoms with Gasteiger partial charge in [0, 0.05) is 38.4 Å². The second-order valence-corrected chi connectivity index (χ2v) is 9.13. The van der Waals surface area contributed by atoms with Gasteiger partial charge in [-0.1, -0.05) is 6.07 Å². The van der Waals surface area contributed by atoms with Crippen LogP contribution < -0.4 is 10.5 Å². The van der Waals surface area contributed by atoms with E-state index in [1.54, 1.807) is 24.8 Å². The molecule has 0 N–H and O–H groups in total. The molecule has 3 aromatic heterocycles. The molecule has 3 aromatic rings. The van der Waals surface area contributed by atoms with E-state index < -0.39 is 17.3 Å². The van der Waals surface area contributed by atoms with E-state index in [2.05, 4.69) is 10.1 Å². The number of hydrogen-bond donors (Lipinski definition) is 0. The summed E-state index contributed by atoms with van der Waals surface area (Å²) in [5, 5.41) is 6.36. The summed E-state index contributed by atoms with van der Waals surface area (Å²) >= 11 is 1.49. The van der Waals surface area contributed by atoms with Crippen LogP contribution in [0.2, 0.25) is 0 Å². The van der Waals surface area contributed by atoms with Crippen LogP contribution in [0, 0.1) is 0 Å². The summed E-state index contributed by atoms with van der Waals surface area (Å²) in [6.07, 6.45) is -3.62. The van der Waals surface area contributed by atoms with Gasteiger partial charge in [0.25, 0.3) is 5.56 Å². The Balaban J connectivity index is 1.47. The number of pyridine rings is 1. The largest absolute Gasteiger partial charge is 0.417 e. The highest BCUT2D eigenvalue weighted by Crippen LogP contribution is 2.30. The quantitative estimate of drug-likeness (QED) is 0.576. The smallest absolute Gasteiger partial charge is 0.353 e. The second-order valence-electron chi connectivity index (χ2n) is 8.19. The van der Waals surface area contributed by atoms with Crippen molar-refractivity contribution in [2.24, 2.45) is 0 Å². The van der Waals surface area contributed by atoms with Gasteiger partial charge in [0.1, 0.15) is 17.1 Å². The molecule has 33 heavy (non-hydrogen) atoms. The van der Waals surface area contributed by atoms with Gasteiger partial charge in [0.05, 0.1) is 10.4 Å². The average molecular weight is 478 g/mol. The van der Waals surface area contributed by atoms with Gasteiger partial charge in [0.2, 0.25) is 5.91 Å². The van der Waals surface area contributed by atoms with Crippen molar-refractivity contribution in [1.82, 2.24) is 19.7 Å². The van der Waals surface area contributed by atoms with Crippen LogP contribution in [-0.4, -0.2) is 51.8 Å². The molecule has 7 nitrogen and oxygen atoms in total. The van der Waals surface area contributed by atoms with E-state index in [9.17, 15) is 22.8 Å². The molecule has 1 saturated heterocycles. The van der Waals surface area contributed by atoms with Gasteiger partial charge in [-0.05, 0) is 43.5 Å². The first-order valence-corrected chi connectivity index (χ1v) is 11.2. The first-order valence-electron chi connectivity index (χ1n) is 10.3. The highest BCUT2D eigenvalue weighted by atomic mass is 32.1. The van der Waals surface area contributed by atoms with Gasteiger partial charge in [-0.25, -0.2) is 9.67 Å². The van der Waals surface area contributed by atoms with Crippen LogP contribution in [0.15, 0.2) is 52.8 Å². The van der Waals surface area contributed by atoms with Crippen molar-refractivity contribution in [2.45, 2.75) is 25.6 Å². The molecule has 1 amide bonds. The number of halogens is 3. The Bertz CT molecular complexity index is 1180. The Labute approximate surface area is 192 Å². The maximum atomic E-state index is 13.3. The van der Waals surface area contributed by atoms with Crippen molar-refractivity contribution < 1.29 is 18.0 Å². The molecule has 4 rings (SSSR count). The molecule has 1 fully saturated rings. The summed E-state index contributed by atoms with van der Waals surface area (Å²) in [5.41, 5.74) is -1.77. The fourth-order valence-electron chi connectivity index (χ4n) is 3.72. The van der Waals surface area contributed by atoms with Gasteiger partial charge < -0.3 is 9.80 Å². The van der Waals surface area contributed by atoms with E-state index in [0.717, 1.165) is 17.1 Å². The molecule has 0 bridgehead atoms. The summed E-state index contributed by atoms with van der Waals surface area (Å²) in [5.74, 6) is 0.177. The van der Waals surface area contributed by atoms with E-state index >= 15 is 0 Å². The van der Waals surface area contributed by atoms with E-state index in [1.807, 2.05) is 22.4 Å². The summed E-state index contributed by atoms with van der Waals surface area (Å²) in [6, 6.07) is 9.17. The van der Waals surface area contributed by atoms with Crippen molar-refractivity contribution in [2.75, 3.05) is 31.1 Å². The topological polar surface area (TPSA) is 71.3 Å². The minimum atomic E-state index is -4.44. The molecule has 0 aromatic carbocycles. The third kappa shape index (κ3) is 4.63. The molecule has 0 saturated carbocycles. The SMILES string of the molecule is CC(C)(C(=O)N1CCN(c2ccc(C(F)(F)F)cn2)CC1)n1nc(-c2cccs2)ccc1=O. The van der Waals surface area contributed by atoms with Crippen molar-refractivity contribution in [3.05, 3.63) is 63.9 Å². The van der Waals surface area contributed by atoms with Crippen molar-refractivity contribution in [3.8, 4) is 10.6 Å². The third-order valence-electron chi connectivity index (χ3n) is 5.59. The van der Waals surface area contributed by atoms with E-state index in [-0.39, 0.29) is 11.5 Å². The van der Waals surface area contributed by atoms with Gasteiger partial charge >= 0.3 is 6.18 Å². The van der Waals surface area contributed by atoms with Crippen LogP contribution >= 0.6 is 11.3 Å². The normalized spacial score (nSPS) is 15.1. The summed E-state index contributed by atoms with van der Waals surface area (Å²) in [6.45, 7) is 4.85. The van der Waals surface area contributed by atoms with Crippen LogP contribution in [0.25, 0.3) is 10.6 Å². The molecule has 0 aliphatic carbocycles. The Morgan fingerprint density at radius 3 is 2.33 bits per heavy atom. The predicted octanol–water partition coefficient (Wildman–Crippen LogP) is 3.47.